The molecule has 0 aromatic heterocycles. The van der Waals surface area contributed by atoms with E-state index in [2.05, 4.69) is 0 Å². The summed E-state index contributed by atoms with van der Waals surface area (Å²) < 4.78 is 18.9. The van der Waals surface area contributed by atoms with Crippen LogP contribution in [0.4, 0.5) is 4.39 Å². The molecule has 1 N–H and O–H groups in total. The molecule has 1 unspecified atom stereocenters. The Bertz CT molecular complexity index is 625. The Morgan fingerprint density at radius 2 is 1.95 bits per heavy atom. The number of hydrogen-bond donors (Lipinski definition) is 1. The highest BCUT2D eigenvalue weighted by molar-refractivity contribution is 5.92. The number of alkyl halides is 1. The van der Waals surface area contributed by atoms with E-state index in [1.54, 1.807) is 0 Å². The zero-order chi connectivity index (χ0) is 15.9. The molecule has 0 radical (unpaired) electrons. The van der Waals surface area contributed by atoms with Crippen molar-refractivity contribution in [2.75, 3.05) is 0 Å². The van der Waals surface area contributed by atoms with Crippen molar-refractivity contribution in [1.82, 2.24) is 0 Å². The van der Waals surface area contributed by atoms with E-state index < -0.39 is 12.1 Å². The molecule has 3 nitrogen and oxygen atoms in total. The maximum absolute atomic E-state index is 13.8. The molecule has 0 aliphatic rings. The molecule has 0 fully saturated rings. The van der Waals surface area contributed by atoms with Gasteiger partial charge in [0.05, 0.1) is 0 Å². The van der Waals surface area contributed by atoms with Gasteiger partial charge in [-0.1, -0.05) is 49.7 Å². The maximum Gasteiger partial charge on any atom is 0.342 e. The van der Waals surface area contributed by atoms with Crippen LogP contribution in [0.1, 0.15) is 47.4 Å². The van der Waals surface area contributed by atoms with Crippen molar-refractivity contribution in [1.29, 1.82) is 0 Å². The Morgan fingerprint density at radius 1 is 1.23 bits per heavy atom. The lowest BCUT2D eigenvalue weighted by Crippen LogP contribution is -2.06. The van der Waals surface area contributed by atoms with Gasteiger partial charge < -0.3 is 9.84 Å². The average molecular weight is 302 g/mol. The summed E-state index contributed by atoms with van der Waals surface area (Å²) in [7, 11) is 0. The molecule has 0 bridgehead atoms. The van der Waals surface area contributed by atoms with Gasteiger partial charge in [-0.25, -0.2) is 9.18 Å². The van der Waals surface area contributed by atoms with E-state index in [9.17, 15) is 14.3 Å². The van der Waals surface area contributed by atoms with E-state index in [1.165, 1.54) is 18.2 Å². The first-order valence-electron chi connectivity index (χ1n) is 7.30. The number of phenolic OH excluding ortho intramolecular Hbond substituents is 1. The summed E-state index contributed by atoms with van der Waals surface area (Å²) in [4.78, 5) is 12.0. The summed E-state index contributed by atoms with van der Waals surface area (Å²) in [6.07, 6.45) is -0.0367. The molecule has 0 aliphatic heterocycles. The first-order valence-corrected chi connectivity index (χ1v) is 7.30. The van der Waals surface area contributed by atoms with Crippen molar-refractivity contribution in [3.8, 4) is 5.75 Å². The number of rotatable bonds is 6. The minimum atomic E-state index is -1.13. The smallest absolute Gasteiger partial charge is 0.342 e. The average Bonchev–Trinajstić information content (AvgIpc) is 2.53. The molecular weight excluding hydrogens is 283 g/mol. The topological polar surface area (TPSA) is 46.5 Å². The van der Waals surface area contributed by atoms with E-state index in [0.29, 0.717) is 18.4 Å². The predicted molar refractivity (Wildman–Crippen MR) is 82.4 cm³/mol. The van der Waals surface area contributed by atoms with Gasteiger partial charge in [-0.2, -0.15) is 0 Å². The molecule has 22 heavy (non-hydrogen) atoms. The molecule has 0 saturated carbocycles. The number of carbonyl (C=O) groups is 1. The van der Waals surface area contributed by atoms with Crippen molar-refractivity contribution in [3.05, 3.63) is 65.2 Å². The molecule has 1 atom stereocenters. The molecule has 2 aromatic rings. The Kier molecular flexibility index (Phi) is 5.53. The third kappa shape index (κ3) is 4.07. The van der Waals surface area contributed by atoms with Crippen molar-refractivity contribution >= 4 is 5.97 Å². The summed E-state index contributed by atoms with van der Waals surface area (Å²) in [6.45, 7) is 2.02. The fraction of sp³-hybridized carbons (Fsp3) is 0.278. The summed E-state index contributed by atoms with van der Waals surface area (Å²) in [5, 5.41) is 9.91. The van der Waals surface area contributed by atoms with Gasteiger partial charge in [-0.3, -0.25) is 0 Å². The van der Waals surface area contributed by atoms with Crippen molar-refractivity contribution in [2.24, 2.45) is 0 Å². The van der Waals surface area contributed by atoms with Crippen molar-refractivity contribution in [2.45, 2.75) is 32.5 Å². The van der Waals surface area contributed by atoms with Gasteiger partial charge in [0.1, 0.15) is 24.1 Å². The van der Waals surface area contributed by atoms with E-state index >= 15 is 0 Å². The molecule has 0 amide bonds. The fourth-order valence-corrected chi connectivity index (χ4v) is 2.14. The molecule has 0 spiro atoms. The third-order valence-corrected chi connectivity index (χ3v) is 3.36. The molecule has 116 valence electrons. The van der Waals surface area contributed by atoms with Crippen LogP contribution in [-0.4, -0.2) is 11.1 Å². The second-order valence-electron chi connectivity index (χ2n) is 5.09. The molecule has 2 aromatic carbocycles. The van der Waals surface area contributed by atoms with E-state index in [-0.39, 0.29) is 17.9 Å². The van der Waals surface area contributed by atoms with Crippen LogP contribution in [0.3, 0.4) is 0 Å². The predicted octanol–water partition coefficient (Wildman–Crippen LogP) is 4.56. The van der Waals surface area contributed by atoms with Crippen molar-refractivity contribution in [3.63, 3.8) is 0 Å². The highest BCUT2D eigenvalue weighted by Crippen LogP contribution is 2.28. The SMILES string of the molecule is CCCC(F)c1ccc(C(=O)OCc2ccccc2)c(O)c1. The number of benzene rings is 2. The van der Waals surface area contributed by atoms with Gasteiger partial charge in [-0.05, 0) is 29.7 Å². The van der Waals surface area contributed by atoms with Crippen LogP contribution in [0, 0.1) is 0 Å². The number of aromatic hydroxyl groups is 1. The number of esters is 1. The largest absolute Gasteiger partial charge is 0.507 e. The van der Waals surface area contributed by atoms with Crippen molar-refractivity contribution < 1.29 is 19.0 Å². The third-order valence-electron chi connectivity index (χ3n) is 3.36. The maximum atomic E-state index is 13.8. The van der Waals surface area contributed by atoms with E-state index in [1.807, 2.05) is 37.3 Å². The number of phenols is 1. The van der Waals surface area contributed by atoms with Gasteiger partial charge in [0.25, 0.3) is 0 Å². The van der Waals surface area contributed by atoms with Gasteiger partial charge in [0.15, 0.2) is 0 Å². The Hall–Kier alpha value is -2.36. The molecular formula is C18H19FO3. The monoisotopic (exact) mass is 302 g/mol. The quantitative estimate of drug-likeness (QED) is 0.796. The second-order valence-corrected chi connectivity index (χ2v) is 5.09. The lowest BCUT2D eigenvalue weighted by molar-refractivity contribution is 0.0469. The fourth-order valence-electron chi connectivity index (χ4n) is 2.14. The Balaban J connectivity index is 2.04. The van der Waals surface area contributed by atoms with Crippen LogP contribution in [0.25, 0.3) is 0 Å². The number of carbonyl (C=O) groups excluding carboxylic acids is 1. The first kappa shape index (κ1) is 16.0. The zero-order valence-electron chi connectivity index (χ0n) is 12.5. The summed E-state index contributed by atoms with van der Waals surface area (Å²) in [5.41, 5.74) is 1.28. The molecule has 2 rings (SSSR count). The highest BCUT2D eigenvalue weighted by Gasteiger charge is 2.16. The highest BCUT2D eigenvalue weighted by atomic mass is 19.1. The molecule has 0 aliphatic carbocycles. The summed E-state index contributed by atoms with van der Waals surface area (Å²) in [6, 6.07) is 13.5. The van der Waals surface area contributed by atoms with Gasteiger partial charge in [0.2, 0.25) is 0 Å². The van der Waals surface area contributed by atoms with Gasteiger partial charge in [-0.15, -0.1) is 0 Å². The van der Waals surface area contributed by atoms with Crippen LogP contribution >= 0.6 is 0 Å². The molecule has 4 heteroatoms. The standard InChI is InChI=1S/C18H19FO3/c1-2-6-16(19)14-9-10-15(17(20)11-14)18(21)22-12-13-7-4-3-5-8-13/h3-5,7-11,16,20H,2,6,12H2,1H3. The van der Waals surface area contributed by atoms with Crippen LogP contribution < -0.4 is 0 Å². The van der Waals surface area contributed by atoms with Gasteiger partial charge in [0, 0.05) is 0 Å². The minimum absolute atomic E-state index is 0.0448. The van der Waals surface area contributed by atoms with Gasteiger partial charge >= 0.3 is 5.97 Å². The molecule has 0 heterocycles. The number of hydrogen-bond acceptors (Lipinski definition) is 3. The minimum Gasteiger partial charge on any atom is -0.507 e. The molecule has 0 saturated heterocycles. The van der Waals surface area contributed by atoms with E-state index in [0.717, 1.165) is 5.56 Å². The van der Waals surface area contributed by atoms with Crippen LogP contribution in [0.2, 0.25) is 0 Å². The summed E-state index contributed by atoms with van der Waals surface area (Å²) >= 11 is 0. The zero-order valence-corrected chi connectivity index (χ0v) is 12.5. The summed E-state index contributed by atoms with van der Waals surface area (Å²) in [5.74, 6) is -0.881. The normalized spacial score (nSPS) is 11.9. The lowest BCUT2D eigenvalue weighted by Gasteiger charge is -2.10. The first-order chi connectivity index (χ1) is 10.6. The second kappa shape index (κ2) is 7.59. The number of ether oxygens (including phenoxy) is 1. The lowest BCUT2D eigenvalue weighted by atomic mass is 10.0. The number of halogens is 1. The Morgan fingerprint density at radius 3 is 2.59 bits per heavy atom. The van der Waals surface area contributed by atoms with Crippen LogP contribution in [-0.2, 0) is 11.3 Å². The van der Waals surface area contributed by atoms with Crippen LogP contribution in [0.5, 0.6) is 5.75 Å². The van der Waals surface area contributed by atoms with E-state index in [4.69, 9.17) is 4.74 Å². The Labute approximate surface area is 129 Å². The van der Waals surface area contributed by atoms with Crippen LogP contribution in [0.15, 0.2) is 48.5 Å².